The van der Waals surface area contributed by atoms with E-state index in [9.17, 15) is 9.59 Å². The van der Waals surface area contributed by atoms with Crippen LogP contribution in [0, 0.1) is 5.92 Å². The summed E-state index contributed by atoms with van der Waals surface area (Å²) in [4.78, 5) is 24.6. The van der Waals surface area contributed by atoms with Gasteiger partial charge in [0.05, 0.1) is 12.0 Å². The van der Waals surface area contributed by atoms with E-state index >= 15 is 0 Å². The molecule has 0 N–H and O–H groups in total. The van der Waals surface area contributed by atoms with E-state index in [1.165, 1.54) is 0 Å². The molecule has 1 fully saturated rings. The Kier molecular flexibility index (Phi) is 2.08. The summed E-state index contributed by atoms with van der Waals surface area (Å²) in [5.74, 6) is -0.985. The molecular formula is C11H11NO2. The zero-order chi connectivity index (χ0) is 10.1. The zero-order valence-electron chi connectivity index (χ0n) is 7.72. The number of Topliss-reactive ketones (excluding diaryl/α,β-unsaturated/α-hetero) is 1. The number of hydrogen-bond donors (Lipinski definition) is 0. The average molecular weight is 189 g/mol. The lowest BCUT2D eigenvalue weighted by molar-refractivity contribution is -0.140. The van der Waals surface area contributed by atoms with Crippen LogP contribution < -0.4 is 0 Å². The Morgan fingerprint density at radius 2 is 2.07 bits per heavy atom. The van der Waals surface area contributed by atoms with E-state index in [2.05, 4.69) is 6.58 Å². The number of nitrogens with zero attached hydrogens (tertiary/aromatic N) is 1. The Morgan fingerprint density at radius 3 is 2.79 bits per heavy atom. The first-order chi connectivity index (χ1) is 6.75. The summed E-state index contributed by atoms with van der Waals surface area (Å²) < 4.78 is 0. The molecule has 3 nitrogen and oxygen atoms in total. The Balaban J connectivity index is 2.32. The summed E-state index contributed by atoms with van der Waals surface area (Å²) in [6.07, 6.45) is 8.98. The van der Waals surface area contributed by atoms with Crippen LogP contribution in [0.3, 0.4) is 0 Å². The fourth-order valence-corrected chi connectivity index (χ4v) is 1.90. The highest BCUT2D eigenvalue weighted by atomic mass is 16.2. The minimum Gasteiger partial charge on any atom is -0.325 e. The number of rotatable bonds is 2. The van der Waals surface area contributed by atoms with Crippen LogP contribution in [0.15, 0.2) is 37.0 Å². The highest BCUT2D eigenvalue weighted by Crippen LogP contribution is 2.27. The molecule has 3 heteroatoms. The molecule has 0 aromatic heterocycles. The first kappa shape index (κ1) is 8.94. The van der Waals surface area contributed by atoms with Crippen molar-refractivity contribution in [3.05, 3.63) is 37.0 Å². The van der Waals surface area contributed by atoms with Crippen LogP contribution in [0.4, 0.5) is 0 Å². The molecule has 1 aliphatic heterocycles. The van der Waals surface area contributed by atoms with Gasteiger partial charge in [-0.3, -0.25) is 9.59 Å². The first-order valence-corrected chi connectivity index (χ1v) is 4.56. The number of ketones is 1. The molecule has 0 radical (unpaired) electrons. The number of allylic oxidation sites excluding steroid dienone is 2. The van der Waals surface area contributed by atoms with Crippen molar-refractivity contribution >= 4 is 11.7 Å². The van der Waals surface area contributed by atoms with Gasteiger partial charge in [0.2, 0.25) is 5.78 Å². The van der Waals surface area contributed by atoms with Crippen molar-refractivity contribution in [1.29, 1.82) is 0 Å². The smallest absolute Gasteiger partial charge is 0.291 e. The first-order valence-electron chi connectivity index (χ1n) is 4.56. The van der Waals surface area contributed by atoms with Crippen LogP contribution in [0.25, 0.3) is 0 Å². The summed E-state index contributed by atoms with van der Waals surface area (Å²) in [5, 5.41) is 0. The topological polar surface area (TPSA) is 37.4 Å². The molecule has 0 aromatic carbocycles. The van der Waals surface area contributed by atoms with Gasteiger partial charge in [0.15, 0.2) is 0 Å². The van der Waals surface area contributed by atoms with Crippen molar-refractivity contribution in [2.45, 2.75) is 6.04 Å². The highest BCUT2D eigenvalue weighted by molar-refractivity contribution is 6.39. The summed E-state index contributed by atoms with van der Waals surface area (Å²) in [6, 6.07) is -0.0991. The summed E-state index contributed by atoms with van der Waals surface area (Å²) in [7, 11) is 0. The van der Waals surface area contributed by atoms with Gasteiger partial charge in [0, 0.05) is 6.54 Å². The molecule has 2 atom stereocenters. The second-order valence-corrected chi connectivity index (χ2v) is 3.40. The molecule has 2 aliphatic rings. The summed E-state index contributed by atoms with van der Waals surface area (Å²) >= 11 is 0. The predicted molar refractivity (Wildman–Crippen MR) is 52.5 cm³/mol. The minimum atomic E-state index is -0.392. The fraction of sp³-hybridized carbons (Fsp3) is 0.273. The average Bonchev–Trinajstić information content (AvgIpc) is 2.45. The van der Waals surface area contributed by atoms with Crippen molar-refractivity contribution in [1.82, 2.24) is 4.90 Å². The number of carbonyl (C=O) groups excluding carboxylic acids is 2. The maximum absolute atomic E-state index is 11.5. The molecule has 1 amide bonds. The lowest BCUT2D eigenvalue weighted by atomic mass is 9.95. The van der Waals surface area contributed by atoms with Crippen molar-refractivity contribution in [2.75, 3.05) is 6.54 Å². The predicted octanol–water partition coefficient (Wildman–Crippen LogP) is 0.694. The Hall–Kier alpha value is -1.64. The molecule has 2 rings (SSSR count). The normalized spacial score (nSPS) is 29.6. The Labute approximate surface area is 82.4 Å². The molecule has 0 bridgehead atoms. The van der Waals surface area contributed by atoms with Crippen LogP contribution in [-0.2, 0) is 9.59 Å². The number of carbonyl (C=O) groups is 2. The second-order valence-electron chi connectivity index (χ2n) is 3.40. The molecule has 1 heterocycles. The molecule has 0 saturated carbocycles. The van der Waals surface area contributed by atoms with E-state index in [1.54, 1.807) is 17.1 Å². The van der Waals surface area contributed by atoms with E-state index in [4.69, 9.17) is 0 Å². The molecule has 0 unspecified atom stereocenters. The van der Waals surface area contributed by atoms with Crippen LogP contribution in [0.2, 0.25) is 0 Å². The zero-order valence-corrected chi connectivity index (χ0v) is 7.72. The maximum Gasteiger partial charge on any atom is 0.291 e. The van der Waals surface area contributed by atoms with Crippen LogP contribution in [0.1, 0.15) is 0 Å². The number of hydrogen-bond acceptors (Lipinski definition) is 2. The van der Waals surface area contributed by atoms with Crippen molar-refractivity contribution in [3.63, 3.8) is 0 Å². The van der Waals surface area contributed by atoms with Gasteiger partial charge in [0.1, 0.15) is 0 Å². The molecule has 14 heavy (non-hydrogen) atoms. The van der Waals surface area contributed by atoms with Gasteiger partial charge in [-0.25, -0.2) is 0 Å². The van der Waals surface area contributed by atoms with Gasteiger partial charge in [-0.1, -0.05) is 30.4 Å². The monoisotopic (exact) mass is 189 g/mol. The van der Waals surface area contributed by atoms with Gasteiger partial charge in [0.25, 0.3) is 5.91 Å². The van der Waals surface area contributed by atoms with Gasteiger partial charge in [-0.05, 0) is 0 Å². The minimum absolute atomic E-state index is 0.0991. The van der Waals surface area contributed by atoms with Crippen molar-refractivity contribution in [2.24, 2.45) is 5.92 Å². The van der Waals surface area contributed by atoms with Crippen molar-refractivity contribution in [3.8, 4) is 0 Å². The van der Waals surface area contributed by atoms with Crippen LogP contribution in [-0.4, -0.2) is 29.2 Å². The van der Waals surface area contributed by atoms with Crippen molar-refractivity contribution < 1.29 is 9.59 Å². The second kappa shape index (κ2) is 3.25. The Morgan fingerprint density at radius 1 is 1.36 bits per heavy atom. The van der Waals surface area contributed by atoms with Gasteiger partial charge in [-0.15, -0.1) is 6.58 Å². The van der Waals surface area contributed by atoms with Crippen LogP contribution >= 0.6 is 0 Å². The molecular weight excluding hydrogens is 178 g/mol. The third-order valence-electron chi connectivity index (χ3n) is 2.57. The van der Waals surface area contributed by atoms with E-state index in [-0.39, 0.29) is 17.7 Å². The lowest BCUT2D eigenvalue weighted by Crippen LogP contribution is -2.34. The number of likely N-dealkylation sites (tertiary alicyclic amines) is 1. The van der Waals surface area contributed by atoms with E-state index < -0.39 is 5.91 Å². The Bertz CT molecular complexity index is 354. The largest absolute Gasteiger partial charge is 0.325 e. The highest BCUT2D eigenvalue weighted by Gasteiger charge is 2.44. The standard InChI is InChI=1S/C11H11NO2/c1-2-7-12-9-6-4-3-5-8(9)10(13)11(12)14/h2-6,8-9H,1,7H2/t8-,9+/m1/s1. The lowest BCUT2D eigenvalue weighted by Gasteiger charge is -2.22. The van der Waals surface area contributed by atoms with Gasteiger partial charge >= 0.3 is 0 Å². The van der Waals surface area contributed by atoms with E-state index in [0.29, 0.717) is 6.54 Å². The van der Waals surface area contributed by atoms with Gasteiger partial charge < -0.3 is 4.90 Å². The third kappa shape index (κ3) is 1.13. The van der Waals surface area contributed by atoms with E-state index in [0.717, 1.165) is 0 Å². The fourth-order valence-electron chi connectivity index (χ4n) is 1.90. The summed E-state index contributed by atoms with van der Waals surface area (Å²) in [5.41, 5.74) is 0. The van der Waals surface area contributed by atoms with E-state index in [1.807, 2.05) is 18.2 Å². The van der Waals surface area contributed by atoms with Crippen LogP contribution in [0.5, 0.6) is 0 Å². The number of amides is 1. The quantitative estimate of drug-likeness (QED) is 0.473. The molecule has 0 aromatic rings. The van der Waals surface area contributed by atoms with Gasteiger partial charge in [-0.2, -0.15) is 0 Å². The molecule has 72 valence electrons. The number of fused-ring (bicyclic) bond motifs is 1. The molecule has 0 spiro atoms. The third-order valence-corrected chi connectivity index (χ3v) is 2.57. The SMILES string of the molecule is C=CCN1C(=O)C(=O)[C@@H]2C=CC=C[C@@H]21. The molecule has 1 saturated heterocycles. The summed E-state index contributed by atoms with van der Waals surface area (Å²) in [6.45, 7) is 4.01. The maximum atomic E-state index is 11.5. The molecule has 1 aliphatic carbocycles.